The molecule has 0 heterocycles. The van der Waals surface area contributed by atoms with Gasteiger partial charge in [0.2, 0.25) is 0 Å². The zero-order valence-electron chi connectivity index (χ0n) is 6.13. The summed E-state index contributed by atoms with van der Waals surface area (Å²) < 4.78 is 0. The van der Waals surface area contributed by atoms with E-state index in [4.69, 9.17) is 5.26 Å². The summed E-state index contributed by atoms with van der Waals surface area (Å²) in [4.78, 5) is 3.96. The zero-order valence-corrected chi connectivity index (χ0v) is 6.13. The highest BCUT2D eigenvalue weighted by molar-refractivity contribution is 5.54. The quantitative estimate of drug-likeness (QED) is 0.515. The van der Waals surface area contributed by atoms with Crippen LogP contribution in [-0.2, 0) is 0 Å². The Labute approximate surface area is 56.2 Å². The van der Waals surface area contributed by atoms with Crippen LogP contribution in [0.25, 0.3) is 0 Å². The highest BCUT2D eigenvalue weighted by Gasteiger charge is 2.07. The van der Waals surface area contributed by atoms with Crippen LogP contribution in [-0.4, -0.2) is 12.3 Å². The molecule has 0 radical (unpaired) electrons. The third-order valence-corrected chi connectivity index (χ3v) is 1.07. The molecule has 0 saturated heterocycles. The standard InChI is InChI=1S/C7H12N2/c1-4-9-7(5-8)6(2)3/h4,6-7H,1-3H3. The summed E-state index contributed by atoms with van der Waals surface area (Å²) in [6.07, 6.45) is 1.67. The van der Waals surface area contributed by atoms with Crippen LogP contribution in [0.15, 0.2) is 4.99 Å². The van der Waals surface area contributed by atoms with Crippen LogP contribution in [0.5, 0.6) is 0 Å². The number of hydrogen-bond acceptors (Lipinski definition) is 2. The highest BCUT2D eigenvalue weighted by Crippen LogP contribution is 2.03. The van der Waals surface area contributed by atoms with Gasteiger partial charge >= 0.3 is 0 Å². The number of nitriles is 1. The fourth-order valence-corrected chi connectivity index (χ4v) is 0.515. The maximum Gasteiger partial charge on any atom is 0.138 e. The molecule has 2 heteroatoms. The fourth-order valence-electron chi connectivity index (χ4n) is 0.515. The van der Waals surface area contributed by atoms with Gasteiger partial charge in [-0.2, -0.15) is 5.26 Å². The molecule has 0 aromatic rings. The molecule has 0 N–H and O–H groups in total. The van der Waals surface area contributed by atoms with Gasteiger partial charge in [-0.15, -0.1) is 0 Å². The molecule has 50 valence electrons. The van der Waals surface area contributed by atoms with Crippen molar-refractivity contribution in [2.24, 2.45) is 10.9 Å². The van der Waals surface area contributed by atoms with E-state index in [1.54, 1.807) is 6.21 Å². The molecule has 1 unspecified atom stereocenters. The lowest BCUT2D eigenvalue weighted by Gasteiger charge is -2.04. The van der Waals surface area contributed by atoms with Crippen molar-refractivity contribution in [3.8, 4) is 6.07 Å². The van der Waals surface area contributed by atoms with Crippen LogP contribution in [0.2, 0.25) is 0 Å². The average Bonchev–Trinajstić information content (AvgIpc) is 1.82. The SMILES string of the molecule is CC=NC(C#N)C(C)C. The van der Waals surface area contributed by atoms with Crippen molar-refractivity contribution < 1.29 is 0 Å². The lowest BCUT2D eigenvalue weighted by atomic mass is 10.1. The molecule has 9 heavy (non-hydrogen) atoms. The third kappa shape index (κ3) is 2.86. The van der Waals surface area contributed by atoms with E-state index in [-0.39, 0.29) is 6.04 Å². The van der Waals surface area contributed by atoms with Gasteiger partial charge in [0.15, 0.2) is 0 Å². The minimum atomic E-state index is -0.157. The summed E-state index contributed by atoms with van der Waals surface area (Å²) in [5.74, 6) is 0.325. The molecule has 2 nitrogen and oxygen atoms in total. The Bertz CT molecular complexity index is 130. The molecule has 0 fully saturated rings. The van der Waals surface area contributed by atoms with Crippen LogP contribution >= 0.6 is 0 Å². The first kappa shape index (κ1) is 8.16. The van der Waals surface area contributed by atoms with E-state index in [0.717, 1.165) is 0 Å². The Kier molecular flexibility index (Phi) is 3.70. The van der Waals surface area contributed by atoms with Gasteiger partial charge in [0, 0.05) is 0 Å². The van der Waals surface area contributed by atoms with Crippen molar-refractivity contribution in [2.75, 3.05) is 0 Å². The fraction of sp³-hybridized carbons (Fsp3) is 0.714. The third-order valence-electron chi connectivity index (χ3n) is 1.07. The average molecular weight is 124 g/mol. The second kappa shape index (κ2) is 4.08. The van der Waals surface area contributed by atoms with Gasteiger partial charge in [0.1, 0.15) is 6.04 Å². The van der Waals surface area contributed by atoms with E-state index < -0.39 is 0 Å². The highest BCUT2D eigenvalue weighted by atomic mass is 14.8. The Balaban J connectivity index is 3.87. The van der Waals surface area contributed by atoms with Crippen molar-refractivity contribution in [3.63, 3.8) is 0 Å². The largest absolute Gasteiger partial charge is 0.279 e. The molecule has 0 amide bonds. The molecule has 0 aliphatic heterocycles. The van der Waals surface area contributed by atoms with E-state index in [0.29, 0.717) is 5.92 Å². The molecule has 0 saturated carbocycles. The molecular weight excluding hydrogens is 112 g/mol. The summed E-state index contributed by atoms with van der Waals surface area (Å²) >= 11 is 0. The summed E-state index contributed by atoms with van der Waals surface area (Å²) in [5, 5.41) is 8.46. The van der Waals surface area contributed by atoms with Crippen LogP contribution in [0.3, 0.4) is 0 Å². The predicted octanol–water partition coefficient (Wildman–Crippen LogP) is 1.63. The lowest BCUT2D eigenvalue weighted by molar-refractivity contribution is 0.583. The predicted molar refractivity (Wildman–Crippen MR) is 38.4 cm³/mol. The Morgan fingerprint density at radius 3 is 2.22 bits per heavy atom. The minimum Gasteiger partial charge on any atom is -0.279 e. The van der Waals surface area contributed by atoms with Gasteiger partial charge in [0.25, 0.3) is 0 Å². The van der Waals surface area contributed by atoms with Crippen molar-refractivity contribution in [1.82, 2.24) is 0 Å². The Morgan fingerprint density at radius 2 is 2.11 bits per heavy atom. The smallest absolute Gasteiger partial charge is 0.138 e. The van der Waals surface area contributed by atoms with Gasteiger partial charge in [-0.05, 0) is 19.1 Å². The molecule has 0 aliphatic rings. The number of rotatable bonds is 2. The first-order chi connectivity index (χ1) is 4.22. The molecule has 0 bridgehead atoms. The van der Waals surface area contributed by atoms with Crippen LogP contribution in [0.4, 0.5) is 0 Å². The van der Waals surface area contributed by atoms with E-state index in [2.05, 4.69) is 11.1 Å². The number of nitrogens with zero attached hydrogens (tertiary/aromatic N) is 2. The lowest BCUT2D eigenvalue weighted by Crippen LogP contribution is -2.09. The van der Waals surface area contributed by atoms with Gasteiger partial charge < -0.3 is 0 Å². The minimum absolute atomic E-state index is 0.157. The topological polar surface area (TPSA) is 36.1 Å². The summed E-state index contributed by atoms with van der Waals surface area (Å²) in [5.41, 5.74) is 0. The second-order valence-electron chi connectivity index (χ2n) is 2.23. The normalized spacial score (nSPS) is 14.1. The van der Waals surface area contributed by atoms with E-state index in [1.807, 2.05) is 20.8 Å². The Morgan fingerprint density at radius 1 is 1.56 bits per heavy atom. The van der Waals surface area contributed by atoms with Crippen LogP contribution < -0.4 is 0 Å². The summed E-state index contributed by atoms with van der Waals surface area (Å²) in [6.45, 7) is 5.80. The van der Waals surface area contributed by atoms with Crippen molar-refractivity contribution in [2.45, 2.75) is 26.8 Å². The molecule has 0 aliphatic carbocycles. The molecule has 0 rings (SSSR count). The molecule has 0 aromatic heterocycles. The maximum atomic E-state index is 8.46. The van der Waals surface area contributed by atoms with Gasteiger partial charge in [-0.25, -0.2) is 0 Å². The van der Waals surface area contributed by atoms with Crippen molar-refractivity contribution >= 4 is 6.21 Å². The van der Waals surface area contributed by atoms with Crippen molar-refractivity contribution in [1.29, 1.82) is 5.26 Å². The summed E-state index contributed by atoms with van der Waals surface area (Å²) in [6, 6.07) is 1.95. The number of aliphatic imine (C=N–C) groups is 1. The van der Waals surface area contributed by atoms with Crippen LogP contribution in [0.1, 0.15) is 20.8 Å². The van der Waals surface area contributed by atoms with E-state index in [1.165, 1.54) is 0 Å². The maximum absolute atomic E-state index is 8.46. The zero-order chi connectivity index (χ0) is 7.28. The molecule has 0 spiro atoms. The van der Waals surface area contributed by atoms with Crippen molar-refractivity contribution in [3.05, 3.63) is 0 Å². The second-order valence-corrected chi connectivity index (χ2v) is 2.23. The summed E-state index contributed by atoms with van der Waals surface area (Å²) in [7, 11) is 0. The number of hydrogen-bond donors (Lipinski definition) is 0. The molecule has 1 atom stereocenters. The van der Waals surface area contributed by atoms with Gasteiger partial charge in [0.05, 0.1) is 6.07 Å². The first-order valence-electron chi connectivity index (χ1n) is 3.09. The molecule has 0 aromatic carbocycles. The van der Waals surface area contributed by atoms with Crippen LogP contribution in [0, 0.1) is 17.2 Å². The van der Waals surface area contributed by atoms with E-state index in [9.17, 15) is 0 Å². The van der Waals surface area contributed by atoms with Gasteiger partial charge in [-0.3, -0.25) is 4.99 Å². The first-order valence-corrected chi connectivity index (χ1v) is 3.09. The Hall–Kier alpha value is -0.840. The van der Waals surface area contributed by atoms with Gasteiger partial charge in [-0.1, -0.05) is 13.8 Å². The molecular formula is C7H12N2. The van der Waals surface area contributed by atoms with E-state index >= 15 is 0 Å². The monoisotopic (exact) mass is 124 g/mol.